The Labute approximate surface area is 105 Å². The van der Waals surface area contributed by atoms with Crippen molar-refractivity contribution >= 4 is 5.97 Å². The summed E-state index contributed by atoms with van der Waals surface area (Å²) in [5.74, 6) is -0.362. The molecule has 0 saturated heterocycles. The van der Waals surface area contributed by atoms with Crippen molar-refractivity contribution < 1.29 is 14.6 Å². The Morgan fingerprint density at radius 2 is 2.11 bits per heavy atom. The molecule has 1 aromatic carbocycles. The minimum absolute atomic E-state index is 0.219. The zero-order chi connectivity index (χ0) is 13.3. The molecular weight excluding hydrogens is 232 g/mol. The molecule has 5 heteroatoms. The van der Waals surface area contributed by atoms with Gasteiger partial charge < -0.3 is 14.4 Å². The summed E-state index contributed by atoms with van der Waals surface area (Å²) in [6, 6.07) is 4.86. The first-order chi connectivity index (χ1) is 8.54. The van der Waals surface area contributed by atoms with Crippen LogP contribution in [0.15, 0.2) is 24.5 Å². The predicted octanol–water partition coefficient (Wildman–Crippen LogP) is 2.20. The number of methoxy groups -OCH3 is 1. The van der Waals surface area contributed by atoms with E-state index in [1.165, 1.54) is 6.07 Å². The van der Waals surface area contributed by atoms with E-state index in [1.807, 2.05) is 13.8 Å². The average molecular weight is 246 g/mol. The maximum atomic E-state index is 11.2. The normalized spacial score (nSPS) is 10.4. The van der Waals surface area contributed by atoms with Gasteiger partial charge in [0, 0.05) is 11.8 Å². The third-order valence-electron chi connectivity index (χ3n) is 2.95. The first-order valence-corrected chi connectivity index (χ1v) is 5.47. The third kappa shape index (κ3) is 1.95. The van der Waals surface area contributed by atoms with Crippen molar-refractivity contribution in [1.82, 2.24) is 9.55 Å². The van der Waals surface area contributed by atoms with Gasteiger partial charge in [0.1, 0.15) is 5.75 Å². The number of aryl methyl sites for hydroxylation is 1. The highest BCUT2D eigenvalue weighted by Gasteiger charge is 2.15. The lowest BCUT2D eigenvalue weighted by Crippen LogP contribution is -2.06. The number of nitrogens with zero attached hydrogens (tertiary/aromatic N) is 2. The molecule has 2 rings (SSSR count). The largest absolute Gasteiger partial charge is 0.497 e. The lowest BCUT2D eigenvalue weighted by molar-refractivity contribution is 0.0697. The number of hydrogen-bond acceptors (Lipinski definition) is 3. The Morgan fingerprint density at radius 1 is 1.39 bits per heavy atom. The Bertz CT molecular complexity index is 602. The van der Waals surface area contributed by atoms with Gasteiger partial charge in [0.2, 0.25) is 0 Å². The predicted molar refractivity (Wildman–Crippen MR) is 66.5 cm³/mol. The lowest BCUT2D eigenvalue weighted by atomic mass is 10.1. The summed E-state index contributed by atoms with van der Waals surface area (Å²) in [6.07, 6.45) is 1.62. The van der Waals surface area contributed by atoms with Gasteiger partial charge >= 0.3 is 5.97 Å². The number of imidazole rings is 1. The van der Waals surface area contributed by atoms with Crippen molar-refractivity contribution in [2.75, 3.05) is 7.11 Å². The molecule has 0 atom stereocenters. The number of aromatic nitrogens is 2. The number of hydrogen-bond donors (Lipinski definition) is 1. The van der Waals surface area contributed by atoms with Crippen LogP contribution in [0.4, 0.5) is 0 Å². The molecule has 0 bridgehead atoms. The molecule has 2 aromatic rings. The first kappa shape index (κ1) is 12.2. The van der Waals surface area contributed by atoms with Crippen molar-refractivity contribution in [1.29, 1.82) is 0 Å². The second-order valence-corrected chi connectivity index (χ2v) is 3.97. The van der Waals surface area contributed by atoms with Crippen LogP contribution in [0, 0.1) is 13.8 Å². The minimum atomic E-state index is -0.974. The van der Waals surface area contributed by atoms with Gasteiger partial charge in [0.15, 0.2) is 0 Å². The summed E-state index contributed by atoms with van der Waals surface area (Å²) in [5.41, 5.74) is 2.55. The van der Waals surface area contributed by atoms with Crippen molar-refractivity contribution in [3.05, 3.63) is 41.5 Å². The van der Waals surface area contributed by atoms with E-state index < -0.39 is 5.97 Å². The molecule has 0 fully saturated rings. The van der Waals surface area contributed by atoms with E-state index in [2.05, 4.69) is 4.98 Å². The molecule has 0 spiro atoms. The van der Waals surface area contributed by atoms with E-state index in [0.717, 1.165) is 11.4 Å². The maximum Gasteiger partial charge on any atom is 0.337 e. The van der Waals surface area contributed by atoms with Crippen LogP contribution >= 0.6 is 0 Å². The monoisotopic (exact) mass is 246 g/mol. The summed E-state index contributed by atoms with van der Waals surface area (Å²) >= 11 is 0. The molecule has 0 aliphatic heterocycles. The van der Waals surface area contributed by atoms with Crippen LogP contribution in [0.2, 0.25) is 0 Å². The maximum absolute atomic E-state index is 11.2. The Morgan fingerprint density at radius 3 is 2.61 bits per heavy atom. The molecule has 1 N–H and O–H groups in total. The van der Waals surface area contributed by atoms with Crippen LogP contribution in [-0.2, 0) is 0 Å². The fourth-order valence-electron chi connectivity index (χ4n) is 1.76. The van der Waals surface area contributed by atoms with E-state index in [0.29, 0.717) is 11.4 Å². The van der Waals surface area contributed by atoms with Gasteiger partial charge in [-0.1, -0.05) is 0 Å². The zero-order valence-electron chi connectivity index (χ0n) is 10.5. The minimum Gasteiger partial charge on any atom is -0.497 e. The summed E-state index contributed by atoms with van der Waals surface area (Å²) < 4.78 is 6.88. The molecule has 0 saturated carbocycles. The summed E-state index contributed by atoms with van der Waals surface area (Å²) in [5, 5.41) is 9.21. The topological polar surface area (TPSA) is 64.3 Å². The van der Waals surface area contributed by atoms with Gasteiger partial charge in [-0.05, 0) is 26.0 Å². The molecule has 0 radical (unpaired) electrons. The van der Waals surface area contributed by atoms with E-state index in [4.69, 9.17) is 4.74 Å². The number of aromatic carboxylic acids is 1. The smallest absolute Gasteiger partial charge is 0.337 e. The summed E-state index contributed by atoms with van der Waals surface area (Å²) in [6.45, 7) is 3.78. The fraction of sp³-hybridized carbons (Fsp3) is 0.231. The molecular formula is C13H14N2O3. The molecule has 0 amide bonds. The molecule has 0 aliphatic rings. The number of carboxylic acids is 1. The molecule has 18 heavy (non-hydrogen) atoms. The highest BCUT2D eigenvalue weighted by molar-refractivity contribution is 5.92. The van der Waals surface area contributed by atoms with Gasteiger partial charge in [-0.15, -0.1) is 0 Å². The number of carboxylic acid groups (broad SMARTS) is 1. The Kier molecular flexibility index (Phi) is 3.06. The van der Waals surface area contributed by atoms with Gasteiger partial charge in [0.25, 0.3) is 0 Å². The third-order valence-corrected chi connectivity index (χ3v) is 2.95. The van der Waals surface area contributed by atoms with E-state index >= 15 is 0 Å². The molecule has 0 unspecified atom stereocenters. The molecule has 94 valence electrons. The molecule has 1 heterocycles. The number of benzene rings is 1. The van der Waals surface area contributed by atoms with Crippen LogP contribution in [0.5, 0.6) is 5.75 Å². The average Bonchev–Trinajstić information content (AvgIpc) is 2.69. The quantitative estimate of drug-likeness (QED) is 0.901. The van der Waals surface area contributed by atoms with Gasteiger partial charge in [-0.3, -0.25) is 0 Å². The van der Waals surface area contributed by atoms with Crippen LogP contribution in [0.1, 0.15) is 21.7 Å². The first-order valence-electron chi connectivity index (χ1n) is 5.47. The lowest BCUT2D eigenvalue weighted by Gasteiger charge is -2.11. The zero-order valence-corrected chi connectivity index (χ0v) is 10.5. The number of ether oxygens (including phenoxy) is 1. The molecule has 5 nitrogen and oxygen atoms in total. The van der Waals surface area contributed by atoms with Gasteiger partial charge in [-0.25, -0.2) is 9.78 Å². The van der Waals surface area contributed by atoms with E-state index in [-0.39, 0.29) is 5.56 Å². The van der Waals surface area contributed by atoms with Crippen molar-refractivity contribution in [2.24, 2.45) is 0 Å². The summed E-state index contributed by atoms with van der Waals surface area (Å²) in [4.78, 5) is 15.4. The standard InChI is InChI=1S/C13H14N2O3/c1-8-9(2)15(7-14-8)12-6-10(18-3)4-5-11(12)13(16)17/h4-7H,1-3H3,(H,16,17). The Balaban J connectivity index is 2.67. The van der Waals surface area contributed by atoms with Gasteiger partial charge in [0.05, 0.1) is 30.4 Å². The number of rotatable bonds is 3. The highest BCUT2D eigenvalue weighted by atomic mass is 16.5. The fourth-order valence-corrected chi connectivity index (χ4v) is 1.76. The van der Waals surface area contributed by atoms with Crippen LogP contribution < -0.4 is 4.74 Å². The van der Waals surface area contributed by atoms with Crippen molar-refractivity contribution in [3.63, 3.8) is 0 Å². The summed E-state index contributed by atoms with van der Waals surface area (Å²) in [7, 11) is 1.55. The van der Waals surface area contributed by atoms with Gasteiger partial charge in [-0.2, -0.15) is 0 Å². The van der Waals surface area contributed by atoms with Crippen LogP contribution in [-0.4, -0.2) is 27.7 Å². The van der Waals surface area contributed by atoms with Crippen LogP contribution in [0.3, 0.4) is 0 Å². The van der Waals surface area contributed by atoms with Crippen molar-refractivity contribution in [2.45, 2.75) is 13.8 Å². The SMILES string of the molecule is COc1ccc(C(=O)O)c(-n2cnc(C)c2C)c1. The second kappa shape index (κ2) is 4.52. The van der Waals surface area contributed by atoms with Crippen LogP contribution in [0.25, 0.3) is 5.69 Å². The van der Waals surface area contributed by atoms with E-state index in [9.17, 15) is 9.90 Å². The van der Waals surface area contributed by atoms with E-state index in [1.54, 1.807) is 30.1 Å². The molecule has 1 aromatic heterocycles. The number of carbonyl (C=O) groups is 1. The molecule has 0 aliphatic carbocycles. The Hall–Kier alpha value is -2.30. The highest BCUT2D eigenvalue weighted by Crippen LogP contribution is 2.23. The second-order valence-electron chi connectivity index (χ2n) is 3.97. The van der Waals surface area contributed by atoms with Crippen molar-refractivity contribution in [3.8, 4) is 11.4 Å².